The van der Waals surface area contributed by atoms with Crippen molar-refractivity contribution in [3.8, 4) is 0 Å². The Bertz CT molecular complexity index is 392. The van der Waals surface area contributed by atoms with Gasteiger partial charge in [0.1, 0.15) is 0 Å². The summed E-state index contributed by atoms with van der Waals surface area (Å²) < 4.78 is 0. The van der Waals surface area contributed by atoms with Crippen LogP contribution in [0.15, 0.2) is 23.1 Å². The van der Waals surface area contributed by atoms with Gasteiger partial charge in [-0.3, -0.25) is 9.59 Å². The molecule has 5 nitrogen and oxygen atoms in total. The molecule has 1 amide bonds. The summed E-state index contributed by atoms with van der Waals surface area (Å²) >= 11 is 0. The van der Waals surface area contributed by atoms with E-state index in [1.165, 1.54) is 6.07 Å². The van der Waals surface area contributed by atoms with Crippen LogP contribution in [0.5, 0.6) is 0 Å². The molecule has 0 aliphatic heterocycles. The highest BCUT2D eigenvalue weighted by Crippen LogP contribution is 1.98. The molecule has 1 heterocycles. The lowest BCUT2D eigenvalue weighted by Gasteiger charge is -2.17. The van der Waals surface area contributed by atoms with E-state index in [1.54, 1.807) is 26.1 Å². The van der Waals surface area contributed by atoms with Crippen LogP contribution in [-0.4, -0.2) is 16.4 Å². The van der Waals surface area contributed by atoms with Gasteiger partial charge in [0.2, 0.25) is 11.5 Å². The molecule has 0 aromatic carbocycles. The number of halogens is 2. The molecule has 0 aliphatic carbocycles. The molecule has 0 spiro atoms. The number of carbonyl (C=O) groups excluding carboxylic acids is 1. The van der Waals surface area contributed by atoms with Crippen LogP contribution in [0, 0.1) is 0 Å². The molecule has 7 heteroatoms. The van der Waals surface area contributed by atoms with Crippen molar-refractivity contribution in [3.63, 3.8) is 0 Å². The van der Waals surface area contributed by atoms with Crippen LogP contribution in [0.4, 0.5) is 0 Å². The number of amides is 1. The number of hydrogen-bond donors (Lipinski definition) is 3. The first kappa shape index (κ1) is 18.3. The summed E-state index contributed by atoms with van der Waals surface area (Å²) in [5.41, 5.74) is 5.37. The molecular weight excluding hydrogens is 265 g/mol. The van der Waals surface area contributed by atoms with Gasteiger partial charge in [-0.2, -0.15) is 0 Å². The van der Waals surface area contributed by atoms with Gasteiger partial charge in [0, 0.05) is 18.8 Å². The fourth-order valence-electron chi connectivity index (χ4n) is 0.963. The SMILES string of the molecule is CC(C)(N)C(=O)NCc1ccc(=O)[nH]c1.Cl.Cl. The molecule has 0 aliphatic rings. The molecule has 17 heavy (non-hydrogen) atoms. The second-order valence-electron chi connectivity index (χ2n) is 3.97. The predicted octanol–water partition coefficient (Wildman–Crippen LogP) is 0.572. The van der Waals surface area contributed by atoms with Crippen LogP contribution >= 0.6 is 24.8 Å². The minimum atomic E-state index is -0.887. The summed E-state index contributed by atoms with van der Waals surface area (Å²) in [5, 5.41) is 2.67. The first-order valence-corrected chi connectivity index (χ1v) is 4.64. The van der Waals surface area contributed by atoms with Gasteiger partial charge >= 0.3 is 0 Å². The van der Waals surface area contributed by atoms with Gasteiger partial charge in [0.25, 0.3) is 0 Å². The molecule has 0 radical (unpaired) electrons. The predicted molar refractivity (Wildman–Crippen MR) is 71.7 cm³/mol. The number of H-pyrrole nitrogens is 1. The summed E-state index contributed by atoms with van der Waals surface area (Å²) in [6, 6.07) is 3.07. The maximum atomic E-state index is 11.4. The Hall–Kier alpha value is -1.04. The molecule has 0 fully saturated rings. The normalized spacial score (nSPS) is 9.82. The molecule has 0 atom stereocenters. The van der Waals surface area contributed by atoms with E-state index in [9.17, 15) is 9.59 Å². The first-order valence-electron chi connectivity index (χ1n) is 4.64. The van der Waals surface area contributed by atoms with E-state index in [-0.39, 0.29) is 36.3 Å². The van der Waals surface area contributed by atoms with Crippen molar-refractivity contribution in [2.24, 2.45) is 5.73 Å². The van der Waals surface area contributed by atoms with Crippen molar-refractivity contribution in [3.05, 3.63) is 34.2 Å². The lowest BCUT2D eigenvalue weighted by atomic mass is 10.1. The number of nitrogens with two attached hydrogens (primary N) is 1. The van der Waals surface area contributed by atoms with Crippen molar-refractivity contribution in [2.45, 2.75) is 25.9 Å². The number of aromatic amines is 1. The van der Waals surface area contributed by atoms with Crippen LogP contribution in [0.25, 0.3) is 0 Å². The zero-order valence-corrected chi connectivity index (χ0v) is 11.3. The molecule has 0 unspecified atom stereocenters. The van der Waals surface area contributed by atoms with E-state index < -0.39 is 5.54 Å². The van der Waals surface area contributed by atoms with E-state index in [2.05, 4.69) is 10.3 Å². The lowest BCUT2D eigenvalue weighted by molar-refractivity contribution is -0.125. The number of nitrogens with one attached hydrogen (secondary N) is 2. The fraction of sp³-hybridized carbons (Fsp3) is 0.400. The molecule has 1 aromatic heterocycles. The van der Waals surface area contributed by atoms with Crippen molar-refractivity contribution in [1.29, 1.82) is 0 Å². The molecule has 1 aromatic rings. The summed E-state index contributed by atoms with van der Waals surface area (Å²) in [7, 11) is 0. The molecule has 1 rings (SSSR count). The number of hydrogen-bond acceptors (Lipinski definition) is 3. The maximum Gasteiger partial charge on any atom is 0.247 e. The topological polar surface area (TPSA) is 88.0 Å². The maximum absolute atomic E-state index is 11.4. The Morgan fingerprint density at radius 1 is 1.41 bits per heavy atom. The third kappa shape index (κ3) is 6.31. The molecular formula is C10H17Cl2N3O2. The van der Waals surface area contributed by atoms with Crippen molar-refractivity contribution in [1.82, 2.24) is 10.3 Å². The largest absolute Gasteiger partial charge is 0.350 e. The molecule has 0 saturated carbocycles. The van der Waals surface area contributed by atoms with E-state index in [1.807, 2.05) is 0 Å². The van der Waals surface area contributed by atoms with Crippen molar-refractivity contribution >= 4 is 30.7 Å². The van der Waals surface area contributed by atoms with Gasteiger partial charge < -0.3 is 16.0 Å². The smallest absolute Gasteiger partial charge is 0.247 e. The first-order chi connectivity index (χ1) is 6.89. The number of aromatic nitrogens is 1. The Balaban J connectivity index is 0. The van der Waals surface area contributed by atoms with E-state index in [4.69, 9.17) is 5.73 Å². The third-order valence-corrected chi connectivity index (χ3v) is 1.89. The Labute approximate surface area is 112 Å². The van der Waals surface area contributed by atoms with Crippen LogP contribution < -0.4 is 16.6 Å². The van der Waals surface area contributed by atoms with E-state index in [0.717, 1.165) is 5.56 Å². The average Bonchev–Trinajstić information content (AvgIpc) is 2.15. The van der Waals surface area contributed by atoms with Gasteiger partial charge in [-0.25, -0.2) is 0 Å². The number of pyridine rings is 1. The quantitative estimate of drug-likeness (QED) is 0.757. The second kappa shape index (κ2) is 7.32. The Morgan fingerprint density at radius 3 is 2.41 bits per heavy atom. The lowest BCUT2D eigenvalue weighted by Crippen LogP contribution is -2.48. The summed E-state index contributed by atoms with van der Waals surface area (Å²) in [5.74, 6) is -0.228. The van der Waals surface area contributed by atoms with Crippen LogP contribution in [-0.2, 0) is 11.3 Å². The highest BCUT2D eigenvalue weighted by Gasteiger charge is 2.20. The monoisotopic (exact) mass is 281 g/mol. The van der Waals surface area contributed by atoms with Crippen molar-refractivity contribution < 1.29 is 4.79 Å². The van der Waals surface area contributed by atoms with Crippen LogP contribution in [0.2, 0.25) is 0 Å². The van der Waals surface area contributed by atoms with Gasteiger partial charge in [-0.15, -0.1) is 24.8 Å². The zero-order valence-electron chi connectivity index (χ0n) is 9.65. The van der Waals surface area contributed by atoms with Crippen molar-refractivity contribution in [2.75, 3.05) is 0 Å². The number of rotatable bonds is 3. The number of carbonyl (C=O) groups is 1. The van der Waals surface area contributed by atoms with E-state index >= 15 is 0 Å². The van der Waals surface area contributed by atoms with Gasteiger partial charge in [0.05, 0.1) is 5.54 Å². The summed E-state index contributed by atoms with van der Waals surface area (Å²) in [4.78, 5) is 24.7. The second-order valence-corrected chi connectivity index (χ2v) is 3.97. The molecule has 98 valence electrons. The minimum Gasteiger partial charge on any atom is -0.350 e. The van der Waals surface area contributed by atoms with Gasteiger partial charge in [0.15, 0.2) is 0 Å². The Morgan fingerprint density at radius 2 is 2.00 bits per heavy atom. The summed E-state index contributed by atoms with van der Waals surface area (Å²) in [6.45, 7) is 3.63. The average molecular weight is 282 g/mol. The van der Waals surface area contributed by atoms with E-state index in [0.29, 0.717) is 6.54 Å². The highest BCUT2D eigenvalue weighted by molar-refractivity contribution is 5.85. The standard InChI is InChI=1S/C10H15N3O2.2ClH/c1-10(2,11)9(15)13-6-7-3-4-8(14)12-5-7;;/h3-5H,6,11H2,1-2H3,(H,12,14)(H,13,15);2*1H. The Kier molecular flexibility index (Phi) is 7.89. The van der Waals surface area contributed by atoms with Gasteiger partial charge in [-0.05, 0) is 19.4 Å². The van der Waals surface area contributed by atoms with Crippen LogP contribution in [0.3, 0.4) is 0 Å². The van der Waals surface area contributed by atoms with Crippen LogP contribution in [0.1, 0.15) is 19.4 Å². The molecule has 0 bridgehead atoms. The minimum absolute atomic E-state index is 0. The molecule has 4 N–H and O–H groups in total. The van der Waals surface area contributed by atoms with Gasteiger partial charge in [-0.1, -0.05) is 6.07 Å². The highest BCUT2D eigenvalue weighted by atomic mass is 35.5. The molecule has 0 saturated heterocycles. The summed E-state index contributed by atoms with van der Waals surface area (Å²) in [6.07, 6.45) is 1.56. The zero-order chi connectivity index (χ0) is 11.5. The fourth-order valence-corrected chi connectivity index (χ4v) is 0.963. The third-order valence-electron chi connectivity index (χ3n) is 1.89.